The summed E-state index contributed by atoms with van der Waals surface area (Å²) < 4.78 is 0. The highest BCUT2D eigenvalue weighted by atomic mass is 32.2. The Morgan fingerprint density at radius 1 is 1.24 bits per heavy atom. The second-order valence-electron chi connectivity index (χ2n) is 7.48. The molecule has 1 aliphatic carbocycles. The first-order valence-corrected chi connectivity index (χ1v) is 9.60. The quantitative estimate of drug-likeness (QED) is 0.787. The number of nitrogens with one attached hydrogen (secondary N) is 1. The van der Waals surface area contributed by atoms with Crippen LogP contribution in [0.3, 0.4) is 0 Å². The molecule has 0 saturated heterocycles. The molecule has 1 aromatic rings. The van der Waals surface area contributed by atoms with Crippen molar-refractivity contribution in [3.8, 4) is 0 Å². The maximum absolute atomic E-state index is 3.76. The third kappa shape index (κ3) is 3.65. The van der Waals surface area contributed by atoms with Gasteiger partial charge in [0, 0.05) is 17.2 Å². The highest BCUT2D eigenvalue weighted by Gasteiger charge is 2.37. The van der Waals surface area contributed by atoms with Gasteiger partial charge in [-0.25, -0.2) is 0 Å². The van der Waals surface area contributed by atoms with Crippen molar-refractivity contribution in [2.24, 2.45) is 11.3 Å². The van der Waals surface area contributed by atoms with Crippen molar-refractivity contribution in [1.82, 2.24) is 5.32 Å². The van der Waals surface area contributed by atoms with Crippen molar-refractivity contribution in [1.29, 1.82) is 0 Å². The fourth-order valence-corrected chi connectivity index (χ4v) is 5.38. The van der Waals surface area contributed by atoms with Gasteiger partial charge in [-0.1, -0.05) is 44.9 Å². The summed E-state index contributed by atoms with van der Waals surface area (Å²) in [4.78, 5) is 1.53. The predicted octanol–water partition coefficient (Wildman–Crippen LogP) is 5.07. The van der Waals surface area contributed by atoms with Crippen molar-refractivity contribution < 1.29 is 0 Å². The summed E-state index contributed by atoms with van der Waals surface area (Å²) >= 11 is 2.07. The monoisotopic (exact) mass is 303 g/mol. The summed E-state index contributed by atoms with van der Waals surface area (Å²) in [5, 5.41) is 3.76. The van der Waals surface area contributed by atoms with Gasteiger partial charge < -0.3 is 5.32 Å². The van der Waals surface area contributed by atoms with Crippen LogP contribution in [-0.2, 0) is 0 Å². The summed E-state index contributed by atoms with van der Waals surface area (Å²) in [6.07, 6.45) is 7.13. The number of rotatable bonds is 6. The molecule has 2 aliphatic rings. The molecule has 1 fully saturated rings. The maximum Gasteiger partial charge on any atom is 0.0107 e. The summed E-state index contributed by atoms with van der Waals surface area (Å²) in [6, 6.07) is 9.07. The lowest BCUT2D eigenvalue weighted by molar-refractivity contribution is 0.239. The molecule has 0 aromatic heterocycles. The van der Waals surface area contributed by atoms with Crippen molar-refractivity contribution in [2.75, 3.05) is 18.8 Å². The zero-order chi connectivity index (χ0) is 14.7. The smallest absolute Gasteiger partial charge is 0.0107 e. The van der Waals surface area contributed by atoms with Crippen molar-refractivity contribution in [2.45, 2.75) is 56.8 Å². The molecule has 116 valence electrons. The molecule has 1 nitrogen and oxygen atoms in total. The van der Waals surface area contributed by atoms with E-state index in [2.05, 4.69) is 55.2 Å². The molecule has 1 aromatic carbocycles. The third-order valence-electron chi connectivity index (χ3n) is 5.20. The van der Waals surface area contributed by atoms with Gasteiger partial charge in [-0.2, -0.15) is 0 Å². The van der Waals surface area contributed by atoms with Gasteiger partial charge in [0.05, 0.1) is 0 Å². The van der Waals surface area contributed by atoms with Gasteiger partial charge in [0.1, 0.15) is 0 Å². The van der Waals surface area contributed by atoms with E-state index in [9.17, 15) is 0 Å². The Hall–Kier alpha value is -0.470. The minimum atomic E-state index is 0.567. The Balaban J connectivity index is 1.66. The molecule has 1 atom stereocenters. The second-order valence-corrected chi connectivity index (χ2v) is 8.54. The lowest BCUT2D eigenvalue weighted by atomic mass is 9.76. The van der Waals surface area contributed by atoms with Crippen LogP contribution in [0.5, 0.6) is 0 Å². The number of hydrogen-bond acceptors (Lipinski definition) is 2. The first-order chi connectivity index (χ1) is 10.2. The standard InChI is InChI=1S/C19H29NS/c1-15(2)12-20-14-19(9-5-6-10-19)11-16-13-21-18-8-4-3-7-17(16)18/h3-4,7-8,15-16,20H,5-6,9-14H2,1-2H3. The molecule has 1 unspecified atom stereocenters. The van der Waals surface area contributed by atoms with Gasteiger partial charge in [0.15, 0.2) is 0 Å². The third-order valence-corrected chi connectivity index (χ3v) is 6.45. The van der Waals surface area contributed by atoms with E-state index >= 15 is 0 Å². The van der Waals surface area contributed by atoms with Crippen LogP contribution in [0.2, 0.25) is 0 Å². The van der Waals surface area contributed by atoms with Gasteiger partial charge in [-0.05, 0) is 54.7 Å². The van der Waals surface area contributed by atoms with E-state index in [-0.39, 0.29) is 0 Å². The molecule has 1 aliphatic heterocycles. The largest absolute Gasteiger partial charge is 0.316 e. The van der Waals surface area contributed by atoms with Gasteiger partial charge in [-0.15, -0.1) is 11.8 Å². The molecule has 2 heteroatoms. The zero-order valence-electron chi connectivity index (χ0n) is 13.5. The Kier molecular flexibility index (Phi) is 4.96. The first kappa shape index (κ1) is 15.4. The lowest BCUT2D eigenvalue weighted by Gasteiger charge is -2.32. The minimum absolute atomic E-state index is 0.567. The lowest BCUT2D eigenvalue weighted by Crippen LogP contribution is -2.35. The number of thioether (sulfide) groups is 1. The van der Waals surface area contributed by atoms with Crippen molar-refractivity contribution in [3.05, 3.63) is 29.8 Å². The van der Waals surface area contributed by atoms with Crippen molar-refractivity contribution >= 4 is 11.8 Å². The first-order valence-electron chi connectivity index (χ1n) is 8.61. The molecule has 0 spiro atoms. The Morgan fingerprint density at radius 3 is 2.76 bits per heavy atom. The minimum Gasteiger partial charge on any atom is -0.316 e. The van der Waals surface area contributed by atoms with E-state index in [1.54, 1.807) is 5.56 Å². The normalized spacial score (nSPS) is 23.7. The number of benzene rings is 1. The molecule has 0 amide bonds. The van der Waals surface area contributed by atoms with E-state index in [1.807, 2.05) is 0 Å². The van der Waals surface area contributed by atoms with E-state index in [1.165, 1.54) is 49.3 Å². The topological polar surface area (TPSA) is 12.0 Å². The fourth-order valence-electron chi connectivity index (χ4n) is 4.13. The molecule has 0 radical (unpaired) electrons. The highest BCUT2D eigenvalue weighted by molar-refractivity contribution is 7.99. The van der Waals surface area contributed by atoms with Crippen LogP contribution in [0, 0.1) is 11.3 Å². The summed E-state index contributed by atoms with van der Waals surface area (Å²) in [5.41, 5.74) is 2.19. The van der Waals surface area contributed by atoms with Crippen LogP contribution < -0.4 is 5.32 Å². The fraction of sp³-hybridized carbons (Fsp3) is 0.684. The van der Waals surface area contributed by atoms with E-state index in [0.717, 1.165) is 18.4 Å². The summed E-state index contributed by atoms with van der Waals surface area (Å²) in [5.74, 6) is 2.84. The van der Waals surface area contributed by atoms with Crippen molar-refractivity contribution in [3.63, 3.8) is 0 Å². The Morgan fingerprint density at radius 2 is 2.00 bits per heavy atom. The predicted molar refractivity (Wildman–Crippen MR) is 93.1 cm³/mol. The number of hydrogen-bond donors (Lipinski definition) is 1. The molecule has 1 saturated carbocycles. The average Bonchev–Trinajstić information content (AvgIpc) is 3.07. The van der Waals surface area contributed by atoms with Crippen LogP contribution in [0.1, 0.15) is 57.4 Å². The summed E-state index contributed by atoms with van der Waals surface area (Å²) in [6.45, 7) is 7.00. The molecule has 3 rings (SSSR count). The van der Waals surface area contributed by atoms with Crippen LogP contribution in [0.15, 0.2) is 29.2 Å². The van der Waals surface area contributed by atoms with Gasteiger partial charge in [0.2, 0.25) is 0 Å². The zero-order valence-corrected chi connectivity index (χ0v) is 14.3. The Labute approximate surface area is 134 Å². The maximum atomic E-state index is 3.76. The van der Waals surface area contributed by atoms with Crippen LogP contribution in [0.25, 0.3) is 0 Å². The van der Waals surface area contributed by atoms with Gasteiger partial charge in [-0.3, -0.25) is 0 Å². The molecule has 1 N–H and O–H groups in total. The highest BCUT2D eigenvalue weighted by Crippen LogP contribution is 2.50. The molecular weight excluding hydrogens is 274 g/mol. The van der Waals surface area contributed by atoms with E-state index in [0.29, 0.717) is 5.41 Å². The Bertz CT molecular complexity index is 462. The summed E-state index contributed by atoms with van der Waals surface area (Å²) in [7, 11) is 0. The van der Waals surface area contributed by atoms with E-state index < -0.39 is 0 Å². The van der Waals surface area contributed by atoms with Crippen LogP contribution >= 0.6 is 11.8 Å². The average molecular weight is 304 g/mol. The molecule has 1 heterocycles. The molecule has 0 bridgehead atoms. The molecular formula is C19H29NS. The van der Waals surface area contributed by atoms with Gasteiger partial charge in [0.25, 0.3) is 0 Å². The number of fused-ring (bicyclic) bond motifs is 1. The van der Waals surface area contributed by atoms with Crippen LogP contribution in [-0.4, -0.2) is 18.8 Å². The van der Waals surface area contributed by atoms with E-state index in [4.69, 9.17) is 0 Å². The van der Waals surface area contributed by atoms with Gasteiger partial charge >= 0.3 is 0 Å². The second kappa shape index (κ2) is 6.75. The van der Waals surface area contributed by atoms with Crippen LogP contribution in [0.4, 0.5) is 0 Å². The molecule has 21 heavy (non-hydrogen) atoms. The SMILES string of the molecule is CC(C)CNCC1(CC2CSc3ccccc32)CCCC1.